The van der Waals surface area contributed by atoms with Crippen molar-refractivity contribution < 1.29 is 4.39 Å². The van der Waals surface area contributed by atoms with E-state index in [9.17, 15) is 4.39 Å². The van der Waals surface area contributed by atoms with Crippen molar-refractivity contribution in [2.75, 3.05) is 0 Å². The molecule has 0 spiro atoms. The van der Waals surface area contributed by atoms with Gasteiger partial charge in [0, 0.05) is 0 Å². The highest BCUT2D eigenvalue weighted by molar-refractivity contribution is 5.37. The minimum atomic E-state index is 0.0127. The monoisotopic (exact) mass is 178 g/mol. The van der Waals surface area contributed by atoms with E-state index in [1.165, 1.54) is 5.56 Å². The van der Waals surface area contributed by atoms with Gasteiger partial charge in [-0.2, -0.15) is 0 Å². The van der Waals surface area contributed by atoms with Crippen molar-refractivity contribution in [2.45, 2.75) is 39.0 Å². The Morgan fingerprint density at radius 2 is 2.00 bits per heavy atom. The molecule has 0 radical (unpaired) electrons. The van der Waals surface area contributed by atoms with Gasteiger partial charge in [-0.15, -0.1) is 0 Å². The molecular weight excluding hydrogens is 163 g/mol. The number of hydrogen-bond donors (Lipinski definition) is 0. The summed E-state index contributed by atoms with van der Waals surface area (Å²) in [6.45, 7) is 4.21. The fraction of sp³-hybridized carbons (Fsp3) is 0.500. The van der Waals surface area contributed by atoms with Gasteiger partial charge >= 0.3 is 0 Å². The maximum atomic E-state index is 13.5. The molecule has 1 heteroatoms. The Labute approximate surface area is 78.8 Å². The first-order valence-electron chi connectivity index (χ1n) is 4.99. The van der Waals surface area contributed by atoms with Crippen LogP contribution >= 0.6 is 0 Å². The van der Waals surface area contributed by atoms with Gasteiger partial charge in [0.2, 0.25) is 0 Å². The number of aryl methyl sites for hydroxylation is 1. The molecule has 13 heavy (non-hydrogen) atoms. The summed E-state index contributed by atoms with van der Waals surface area (Å²) in [4.78, 5) is 0. The quantitative estimate of drug-likeness (QED) is 0.618. The van der Waals surface area contributed by atoms with E-state index in [1.54, 1.807) is 6.07 Å². The lowest BCUT2D eigenvalue weighted by molar-refractivity contribution is 0.608. The van der Waals surface area contributed by atoms with Gasteiger partial charge in [-0.05, 0) is 47.9 Å². The molecule has 1 aliphatic carbocycles. The molecule has 0 saturated carbocycles. The zero-order valence-corrected chi connectivity index (χ0v) is 8.23. The minimum absolute atomic E-state index is 0.0127. The maximum absolute atomic E-state index is 13.5. The van der Waals surface area contributed by atoms with Crippen molar-refractivity contribution in [3.63, 3.8) is 0 Å². The van der Waals surface area contributed by atoms with Crippen LogP contribution < -0.4 is 0 Å². The summed E-state index contributed by atoms with van der Waals surface area (Å²) in [5, 5.41) is 0. The largest absolute Gasteiger partial charge is 0.207 e. The van der Waals surface area contributed by atoms with E-state index in [2.05, 4.69) is 19.9 Å². The summed E-state index contributed by atoms with van der Waals surface area (Å²) in [7, 11) is 0. The summed E-state index contributed by atoms with van der Waals surface area (Å²) in [6.07, 6.45) is 3.11. The molecule has 1 aromatic carbocycles. The predicted molar refractivity (Wildman–Crippen MR) is 52.5 cm³/mol. The smallest absolute Gasteiger partial charge is 0.126 e. The van der Waals surface area contributed by atoms with Crippen LogP contribution in [0.2, 0.25) is 0 Å². The average molecular weight is 178 g/mol. The number of halogens is 1. The molecule has 0 saturated heterocycles. The molecule has 2 rings (SSSR count). The van der Waals surface area contributed by atoms with E-state index in [4.69, 9.17) is 0 Å². The Hall–Kier alpha value is -0.850. The average Bonchev–Trinajstić information content (AvgIpc) is 2.51. The van der Waals surface area contributed by atoms with Gasteiger partial charge in [0.1, 0.15) is 5.82 Å². The normalized spacial score (nSPS) is 15.1. The van der Waals surface area contributed by atoms with Crippen LogP contribution in [0.25, 0.3) is 0 Å². The van der Waals surface area contributed by atoms with Gasteiger partial charge < -0.3 is 0 Å². The molecule has 0 aromatic heterocycles. The highest BCUT2D eigenvalue weighted by atomic mass is 19.1. The first kappa shape index (κ1) is 8.74. The number of hydrogen-bond acceptors (Lipinski definition) is 0. The van der Waals surface area contributed by atoms with Gasteiger partial charge in [-0.25, -0.2) is 4.39 Å². The van der Waals surface area contributed by atoms with Crippen LogP contribution in [-0.2, 0) is 12.8 Å². The summed E-state index contributed by atoms with van der Waals surface area (Å²) < 4.78 is 13.5. The molecule has 0 fully saturated rings. The number of fused-ring (bicyclic) bond motifs is 1. The fourth-order valence-electron chi connectivity index (χ4n) is 2.01. The molecule has 70 valence electrons. The lowest BCUT2D eigenvalue weighted by atomic mass is 9.98. The molecular formula is C12H15F. The zero-order chi connectivity index (χ0) is 9.42. The number of rotatable bonds is 1. The minimum Gasteiger partial charge on any atom is -0.207 e. The molecule has 0 N–H and O–H groups in total. The van der Waals surface area contributed by atoms with Crippen molar-refractivity contribution in [1.29, 1.82) is 0 Å². The Bertz CT molecular complexity index is 326. The maximum Gasteiger partial charge on any atom is 0.126 e. The standard InChI is InChI=1S/C12H15F/c1-8(2)10-6-9-4-3-5-11(9)12(13)7-10/h6-8H,3-5H2,1-2H3. The van der Waals surface area contributed by atoms with E-state index in [-0.39, 0.29) is 5.82 Å². The molecule has 1 aliphatic rings. The third-order valence-electron chi connectivity index (χ3n) is 2.85. The second-order valence-electron chi connectivity index (χ2n) is 4.15. The molecule has 0 unspecified atom stereocenters. The van der Waals surface area contributed by atoms with Crippen LogP contribution in [0.3, 0.4) is 0 Å². The van der Waals surface area contributed by atoms with E-state index in [1.807, 2.05) is 0 Å². The van der Waals surface area contributed by atoms with Crippen LogP contribution in [0.4, 0.5) is 4.39 Å². The Balaban J connectivity index is 2.49. The topological polar surface area (TPSA) is 0 Å². The third kappa shape index (κ3) is 1.48. The van der Waals surface area contributed by atoms with Gasteiger partial charge in [-0.3, -0.25) is 0 Å². The highest BCUT2D eigenvalue weighted by Gasteiger charge is 2.16. The summed E-state index contributed by atoms with van der Waals surface area (Å²) in [5.74, 6) is 0.444. The summed E-state index contributed by atoms with van der Waals surface area (Å²) in [6, 6.07) is 3.88. The van der Waals surface area contributed by atoms with Crippen molar-refractivity contribution in [3.05, 3.63) is 34.6 Å². The highest BCUT2D eigenvalue weighted by Crippen LogP contribution is 2.28. The Morgan fingerprint density at radius 1 is 1.23 bits per heavy atom. The van der Waals surface area contributed by atoms with Crippen LogP contribution in [0.15, 0.2) is 12.1 Å². The number of benzene rings is 1. The van der Waals surface area contributed by atoms with Gasteiger partial charge in [0.15, 0.2) is 0 Å². The lowest BCUT2D eigenvalue weighted by Crippen LogP contribution is -1.95. The first-order chi connectivity index (χ1) is 6.18. The fourth-order valence-corrected chi connectivity index (χ4v) is 2.01. The SMILES string of the molecule is CC(C)c1cc(F)c2c(c1)CCC2. The first-order valence-corrected chi connectivity index (χ1v) is 4.99. The van der Waals surface area contributed by atoms with Crippen LogP contribution in [0.1, 0.15) is 42.9 Å². The molecule has 0 bridgehead atoms. The molecule has 0 nitrogen and oxygen atoms in total. The van der Waals surface area contributed by atoms with E-state index >= 15 is 0 Å². The van der Waals surface area contributed by atoms with E-state index < -0.39 is 0 Å². The second-order valence-corrected chi connectivity index (χ2v) is 4.15. The van der Waals surface area contributed by atoms with Crippen LogP contribution in [-0.4, -0.2) is 0 Å². The predicted octanol–water partition coefficient (Wildman–Crippen LogP) is 3.44. The van der Waals surface area contributed by atoms with Crippen molar-refractivity contribution >= 4 is 0 Å². The van der Waals surface area contributed by atoms with Crippen molar-refractivity contribution in [3.8, 4) is 0 Å². The summed E-state index contributed by atoms with van der Waals surface area (Å²) in [5.41, 5.74) is 3.34. The van der Waals surface area contributed by atoms with Gasteiger partial charge in [-0.1, -0.05) is 19.9 Å². The Kier molecular flexibility index (Phi) is 2.10. The third-order valence-corrected chi connectivity index (χ3v) is 2.85. The lowest BCUT2D eigenvalue weighted by Gasteiger charge is -2.09. The van der Waals surface area contributed by atoms with Crippen LogP contribution in [0, 0.1) is 5.82 Å². The Morgan fingerprint density at radius 3 is 2.69 bits per heavy atom. The molecule has 0 heterocycles. The van der Waals surface area contributed by atoms with Gasteiger partial charge in [0.05, 0.1) is 0 Å². The molecule has 0 aliphatic heterocycles. The van der Waals surface area contributed by atoms with Gasteiger partial charge in [0.25, 0.3) is 0 Å². The zero-order valence-electron chi connectivity index (χ0n) is 8.23. The van der Waals surface area contributed by atoms with Crippen LogP contribution in [0.5, 0.6) is 0 Å². The van der Waals surface area contributed by atoms with Crippen molar-refractivity contribution in [1.82, 2.24) is 0 Å². The van der Waals surface area contributed by atoms with E-state index in [0.717, 1.165) is 30.4 Å². The second kappa shape index (κ2) is 3.13. The van der Waals surface area contributed by atoms with E-state index in [0.29, 0.717) is 5.92 Å². The molecule has 1 aromatic rings. The summed E-state index contributed by atoms with van der Waals surface area (Å²) >= 11 is 0. The molecule has 0 atom stereocenters. The molecule has 0 amide bonds. The van der Waals surface area contributed by atoms with Crippen molar-refractivity contribution in [2.24, 2.45) is 0 Å².